The van der Waals surface area contributed by atoms with E-state index in [1.54, 1.807) is 0 Å². The molecule has 2 aromatic carbocycles. The van der Waals surface area contributed by atoms with Gasteiger partial charge < -0.3 is 14.8 Å². The van der Waals surface area contributed by atoms with Crippen LogP contribution in [0.2, 0.25) is 0 Å². The predicted molar refractivity (Wildman–Crippen MR) is 105 cm³/mol. The number of nitrogens with one attached hydrogen (secondary N) is 1. The van der Waals surface area contributed by atoms with Crippen LogP contribution < -0.4 is 14.8 Å². The average molecular weight is 379 g/mol. The molecule has 0 unspecified atom stereocenters. The molecule has 144 valence electrons. The lowest BCUT2D eigenvalue weighted by Crippen LogP contribution is -2.15. The first kappa shape index (κ1) is 17.1. The van der Waals surface area contributed by atoms with Crippen LogP contribution in [0.1, 0.15) is 29.7 Å². The van der Waals surface area contributed by atoms with Crippen molar-refractivity contribution in [3.8, 4) is 17.2 Å². The van der Waals surface area contributed by atoms with E-state index >= 15 is 0 Å². The van der Waals surface area contributed by atoms with Gasteiger partial charge in [0.1, 0.15) is 24.8 Å². The minimum Gasteiger partial charge on any atom is -0.486 e. The van der Waals surface area contributed by atoms with Gasteiger partial charge in [-0.05, 0) is 49.1 Å². The van der Waals surface area contributed by atoms with Crippen LogP contribution in [0.15, 0.2) is 42.5 Å². The summed E-state index contributed by atoms with van der Waals surface area (Å²) in [5.41, 5.74) is 4.28. The lowest BCUT2D eigenvalue weighted by atomic mass is 10.0. The van der Waals surface area contributed by atoms with Crippen molar-refractivity contribution >= 4 is 5.82 Å². The van der Waals surface area contributed by atoms with Gasteiger partial charge in [0, 0.05) is 24.6 Å². The Morgan fingerprint density at radius 1 is 1.00 bits per heavy atom. The number of benzene rings is 2. The number of halogens is 1. The molecule has 0 aliphatic carbocycles. The van der Waals surface area contributed by atoms with Gasteiger partial charge in [0.2, 0.25) is 0 Å². The van der Waals surface area contributed by atoms with Crippen molar-refractivity contribution in [2.24, 2.45) is 0 Å². The lowest BCUT2D eigenvalue weighted by molar-refractivity contribution is 0.171. The molecule has 1 N–H and O–H groups in total. The molecule has 0 fully saturated rings. The number of aromatic nitrogens is 2. The molecular weight excluding hydrogens is 357 g/mol. The maximum atomic E-state index is 13.3. The first-order valence-electron chi connectivity index (χ1n) is 9.77. The van der Waals surface area contributed by atoms with Gasteiger partial charge in [-0.25, -0.2) is 9.07 Å². The summed E-state index contributed by atoms with van der Waals surface area (Å²) in [6.07, 6.45) is 3.93. The van der Waals surface area contributed by atoms with Crippen molar-refractivity contribution in [2.45, 2.75) is 25.7 Å². The molecule has 2 aliphatic heterocycles. The van der Waals surface area contributed by atoms with E-state index in [4.69, 9.17) is 14.6 Å². The monoisotopic (exact) mass is 379 g/mol. The highest BCUT2D eigenvalue weighted by molar-refractivity contribution is 5.58. The number of nitrogens with zero attached hydrogens (tertiary/aromatic N) is 2. The number of anilines is 1. The van der Waals surface area contributed by atoms with E-state index < -0.39 is 0 Å². The van der Waals surface area contributed by atoms with Crippen molar-refractivity contribution in [3.05, 3.63) is 65.1 Å². The zero-order chi connectivity index (χ0) is 18.9. The number of hydrogen-bond acceptors (Lipinski definition) is 4. The molecule has 6 heteroatoms. The van der Waals surface area contributed by atoms with Crippen LogP contribution in [0.25, 0.3) is 5.69 Å². The van der Waals surface area contributed by atoms with Gasteiger partial charge in [0.15, 0.2) is 11.5 Å². The summed E-state index contributed by atoms with van der Waals surface area (Å²) >= 11 is 0. The highest BCUT2D eigenvalue weighted by Crippen LogP contribution is 2.35. The van der Waals surface area contributed by atoms with Crippen LogP contribution in [-0.4, -0.2) is 29.5 Å². The van der Waals surface area contributed by atoms with Crippen LogP contribution in [0.5, 0.6) is 11.5 Å². The molecule has 0 atom stereocenters. The lowest BCUT2D eigenvalue weighted by Gasteiger charge is -2.19. The van der Waals surface area contributed by atoms with E-state index in [0.29, 0.717) is 19.6 Å². The van der Waals surface area contributed by atoms with Crippen molar-refractivity contribution in [2.75, 3.05) is 25.1 Å². The minimum absolute atomic E-state index is 0.217. The molecule has 3 heterocycles. The van der Waals surface area contributed by atoms with Gasteiger partial charge in [0.05, 0.1) is 11.4 Å². The van der Waals surface area contributed by atoms with Crippen LogP contribution >= 0.6 is 0 Å². The Hall–Kier alpha value is -3.02. The van der Waals surface area contributed by atoms with Gasteiger partial charge in [-0.2, -0.15) is 5.10 Å². The molecule has 0 spiro atoms. The first-order chi connectivity index (χ1) is 13.8. The maximum absolute atomic E-state index is 13.3. The third kappa shape index (κ3) is 3.19. The highest BCUT2D eigenvalue weighted by atomic mass is 19.1. The molecule has 0 bridgehead atoms. The summed E-state index contributed by atoms with van der Waals surface area (Å²) in [7, 11) is 0. The Balaban J connectivity index is 1.56. The molecule has 3 aromatic rings. The fourth-order valence-corrected chi connectivity index (χ4v) is 3.86. The smallest absolute Gasteiger partial charge is 0.163 e. The van der Waals surface area contributed by atoms with Gasteiger partial charge in [-0.3, -0.25) is 0 Å². The fraction of sp³-hybridized carbons (Fsp3) is 0.318. The first-order valence-corrected chi connectivity index (χ1v) is 9.77. The van der Waals surface area contributed by atoms with Gasteiger partial charge >= 0.3 is 0 Å². The number of ether oxygens (including phenoxy) is 2. The minimum atomic E-state index is -0.217. The normalized spacial score (nSPS) is 15.5. The summed E-state index contributed by atoms with van der Waals surface area (Å²) < 4.78 is 26.6. The van der Waals surface area contributed by atoms with E-state index in [0.717, 1.165) is 60.1 Å². The van der Waals surface area contributed by atoms with E-state index in [-0.39, 0.29) is 5.82 Å². The molecule has 0 saturated heterocycles. The van der Waals surface area contributed by atoms with Gasteiger partial charge in [0.25, 0.3) is 0 Å². The summed E-state index contributed by atoms with van der Waals surface area (Å²) in [4.78, 5) is 0. The maximum Gasteiger partial charge on any atom is 0.163 e. The van der Waals surface area contributed by atoms with Crippen LogP contribution in [0.3, 0.4) is 0 Å². The molecule has 0 radical (unpaired) electrons. The SMILES string of the molecule is Fc1ccc(Cc2nn(-c3ccc4c(c3)OCCO4)c3c2CCCCN3)cc1. The topological polar surface area (TPSA) is 48.3 Å². The predicted octanol–water partition coefficient (Wildman–Crippen LogP) is 4.12. The summed E-state index contributed by atoms with van der Waals surface area (Å²) in [6, 6.07) is 12.6. The Morgan fingerprint density at radius 3 is 2.68 bits per heavy atom. The van der Waals surface area contributed by atoms with Crippen LogP contribution in [0.4, 0.5) is 10.2 Å². The van der Waals surface area contributed by atoms with Crippen molar-refractivity contribution in [1.29, 1.82) is 0 Å². The van der Waals surface area contributed by atoms with E-state index in [1.165, 1.54) is 17.7 Å². The second-order valence-electron chi connectivity index (χ2n) is 7.20. The van der Waals surface area contributed by atoms with Crippen LogP contribution in [-0.2, 0) is 12.8 Å². The Kier molecular flexibility index (Phi) is 4.39. The standard InChI is InChI=1S/C22H22FN3O2/c23-16-6-4-15(5-7-16)13-19-18-3-1-2-10-24-22(18)26(25-19)17-8-9-20-21(14-17)28-12-11-27-20/h4-9,14,24H,1-3,10-13H2. The number of hydrogen-bond donors (Lipinski definition) is 1. The Bertz CT molecular complexity index is 998. The molecule has 2 aliphatic rings. The third-order valence-corrected chi connectivity index (χ3v) is 5.27. The molecular formula is C22H22FN3O2. The molecule has 0 amide bonds. The summed E-state index contributed by atoms with van der Waals surface area (Å²) in [5.74, 6) is 2.35. The van der Waals surface area contributed by atoms with Gasteiger partial charge in [-0.15, -0.1) is 0 Å². The average Bonchev–Trinajstić information content (AvgIpc) is 2.90. The molecule has 5 nitrogen and oxygen atoms in total. The quantitative estimate of drug-likeness (QED) is 0.744. The Labute approximate surface area is 163 Å². The van der Waals surface area contributed by atoms with E-state index in [9.17, 15) is 4.39 Å². The van der Waals surface area contributed by atoms with Gasteiger partial charge in [-0.1, -0.05) is 12.1 Å². The zero-order valence-electron chi connectivity index (χ0n) is 15.6. The fourth-order valence-electron chi connectivity index (χ4n) is 3.86. The molecule has 1 aromatic heterocycles. The number of fused-ring (bicyclic) bond motifs is 2. The summed E-state index contributed by atoms with van der Waals surface area (Å²) in [5, 5.41) is 8.49. The highest BCUT2D eigenvalue weighted by Gasteiger charge is 2.22. The number of rotatable bonds is 3. The van der Waals surface area contributed by atoms with Crippen molar-refractivity contribution < 1.29 is 13.9 Å². The van der Waals surface area contributed by atoms with E-state index in [2.05, 4.69) is 5.32 Å². The largest absolute Gasteiger partial charge is 0.486 e. The third-order valence-electron chi connectivity index (χ3n) is 5.27. The molecule has 0 saturated carbocycles. The van der Waals surface area contributed by atoms with E-state index in [1.807, 2.05) is 35.0 Å². The molecule has 5 rings (SSSR count). The Morgan fingerprint density at radius 2 is 1.82 bits per heavy atom. The van der Waals surface area contributed by atoms with Crippen LogP contribution in [0, 0.1) is 5.82 Å². The van der Waals surface area contributed by atoms with Crippen molar-refractivity contribution in [3.63, 3.8) is 0 Å². The summed E-state index contributed by atoms with van der Waals surface area (Å²) in [6.45, 7) is 2.06. The zero-order valence-corrected chi connectivity index (χ0v) is 15.6. The second-order valence-corrected chi connectivity index (χ2v) is 7.20. The second kappa shape index (κ2) is 7.19. The molecule has 28 heavy (non-hydrogen) atoms. The van der Waals surface area contributed by atoms with Crippen molar-refractivity contribution in [1.82, 2.24) is 9.78 Å².